The van der Waals surface area contributed by atoms with E-state index in [0.717, 1.165) is 6.54 Å². The van der Waals surface area contributed by atoms with E-state index in [1.54, 1.807) is 7.11 Å². The Morgan fingerprint density at radius 3 is 2.74 bits per heavy atom. The van der Waals surface area contributed by atoms with Crippen molar-refractivity contribution in [2.75, 3.05) is 50.7 Å². The average Bonchev–Trinajstić information content (AvgIpc) is 2.46. The lowest BCUT2D eigenvalue weighted by atomic mass is 10.3. The quantitative estimate of drug-likeness (QED) is 0.788. The maximum absolute atomic E-state index is 5.56. The van der Waals surface area contributed by atoms with Gasteiger partial charge in [0.25, 0.3) is 0 Å². The highest BCUT2D eigenvalue weighted by Gasteiger charge is 2.16. The fourth-order valence-electron chi connectivity index (χ4n) is 1.85. The van der Waals surface area contributed by atoms with E-state index in [-0.39, 0.29) is 6.10 Å². The first-order valence-corrected chi connectivity index (χ1v) is 6.41. The van der Waals surface area contributed by atoms with Crippen molar-refractivity contribution in [1.82, 2.24) is 9.97 Å². The second-order valence-corrected chi connectivity index (χ2v) is 4.08. The number of hydrogen-bond donors (Lipinski definition) is 2. The molecule has 0 aromatic carbocycles. The molecule has 106 valence electrons. The zero-order valence-electron chi connectivity index (χ0n) is 11.3. The highest BCUT2D eigenvalue weighted by molar-refractivity contribution is 5.63. The Kier molecular flexibility index (Phi) is 5.17. The van der Waals surface area contributed by atoms with E-state index in [1.807, 2.05) is 6.92 Å². The highest BCUT2D eigenvalue weighted by Crippen LogP contribution is 2.28. The van der Waals surface area contributed by atoms with Gasteiger partial charge in [0.1, 0.15) is 6.33 Å². The maximum atomic E-state index is 5.56. The molecule has 0 radical (unpaired) electrons. The van der Waals surface area contributed by atoms with Crippen molar-refractivity contribution in [3.05, 3.63) is 6.33 Å². The van der Waals surface area contributed by atoms with Gasteiger partial charge < -0.3 is 24.8 Å². The molecule has 1 aliphatic rings. The SMILES string of the molecule is CCNc1ncnc(NCC2COCCO2)c1OC. The van der Waals surface area contributed by atoms with E-state index in [9.17, 15) is 0 Å². The molecule has 1 fully saturated rings. The number of methoxy groups -OCH3 is 1. The second kappa shape index (κ2) is 7.10. The second-order valence-electron chi connectivity index (χ2n) is 4.08. The van der Waals surface area contributed by atoms with Crippen LogP contribution in [0, 0.1) is 0 Å². The first-order chi connectivity index (χ1) is 9.35. The third-order valence-electron chi connectivity index (χ3n) is 2.73. The minimum atomic E-state index is 0.0380. The van der Waals surface area contributed by atoms with E-state index < -0.39 is 0 Å². The number of nitrogens with zero attached hydrogens (tertiary/aromatic N) is 2. The van der Waals surface area contributed by atoms with Crippen molar-refractivity contribution in [2.24, 2.45) is 0 Å². The molecule has 0 bridgehead atoms. The summed E-state index contributed by atoms with van der Waals surface area (Å²) in [6.45, 7) is 5.29. The van der Waals surface area contributed by atoms with Gasteiger partial charge in [-0.15, -0.1) is 0 Å². The Bertz CT molecular complexity index is 397. The zero-order valence-corrected chi connectivity index (χ0v) is 11.3. The van der Waals surface area contributed by atoms with Gasteiger partial charge >= 0.3 is 0 Å². The topological polar surface area (TPSA) is 77.5 Å². The summed E-state index contributed by atoms with van der Waals surface area (Å²) in [7, 11) is 1.60. The van der Waals surface area contributed by atoms with Gasteiger partial charge in [-0.1, -0.05) is 0 Å². The summed E-state index contributed by atoms with van der Waals surface area (Å²) in [6, 6.07) is 0. The summed E-state index contributed by atoms with van der Waals surface area (Å²) in [6.07, 6.45) is 1.54. The predicted octanol–water partition coefficient (Wildman–Crippen LogP) is 0.744. The summed E-state index contributed by atoms with van der Waals surface area (Å²) >= 11 is 0. The van der Waals surface area contributed by atoms with Crippen molar-refractivity contribution in [3.63, 3.8) is 0 Å². The molecule has 7 heteroatoms. The van der Waals surface area contributed by atoms with Crippen molar-refractivity contribution in [3.8, 4) is 5.75 Å². The van der Waals surface area contributed by atoms with Crippen LogP contribution in [-0.2, 0) is 9.47 Å². The van der Waals surface area contributed by atoms with Gasteiger partial charge in [-0.2, -0.15) is 0 Å². The van der Waals surface area contributed by atoms with Crippen LogP contribution in [0.3, 0.4) is 0 Å². The summed E-state index contributed by atoms with van der Waals surface area (Å²) < 4.78 is 16.3. The number of nitrogens with one attached hydrogen (secondary N) is 2. The van der Waals surface area contributed by atoms with Crippen LogP contribution in [0.5, 0.6) is 5.75 Å². The maximum Gasteiger partial charge on any atom is 0.204 e. The Morgan fingerprint density at radius 2 is 2.11 bits per heavy atom. The number of hydrogen-bond acceptors (Lipinski definition) is 7. The summed E-state index contributed by atoms with van der Waals surface area (Å²) in [5.74, 6) is 1.95. The molecule has 19 heavy (non-hydrogen) atoms. The molecule has 2 rings (SSSR count). The van der Waals surface area contributed by atoms with Gasteiger partial charge in [0, 0.05) is 13.1 Å². The predicted molar refractivity (Wildman–Crippen MR) is 71.8 cm³/mol. The molecule has 1 aromatic rings. The summed E-state index contributed by atoms with van der Waals surface area (Å²) in [4.78, 5) is 8.34. The molecular weight excluding hydrogens is 248 g/mol. The first-order valence-electron chi connectivity index (χ1n) is 6.41. The van der Waals surface area contributed by atoms with Crippen LogP contribution in [0.15, 0.2) is 6.33 Å². The lowest BCUT2D eigenvalue weighted by molar-refractivity contribution is -0.0819. The van der Waals surface area contributed by atoms with Crippen molar-refractivity contribution in [2.45, 2.75) is 13.0 Å². The first kappa shape index (κ1) is 13.8. The molecule has 0 amide bonds. The average molecular weight is 268 g/mol. The molecule has 7 nitrogen and oxygen atoms in total. The van der Waals surface area contributed by atoms with Crippen LogP contribution in [0.25, 0.3) is 0 Å². The summed E-state index contributed by atoms with van der Waals surface area (Å²) in [5.41, 5.74) is 0. The molecular formula is C12H20N4O3. The molecule has 0 saturated carbocycles. The Hall–Kier alpha value is -1.60. The van der Waals surface area contributed by atoms with Crippen LogP contribution in [0.4, 0.5) is 11.6 Å². The van der Waals surface area contributed by atoms with Crippen molar-refractivity contribution >= 4 is 11.6 Å². The van der Waals surface area contributed by atoms with Crippen molar-refractivity contribution in [1.29, 1.82) is 0 Å². The smallest absolute Gasteiger partial charge is 0.204 e. The van der Waals surface area contributed by atoms with E-state index >= 15 is 0 Å². The zero-order chi connectivity index (χ0) is 13.5. The molecule has 0 aliphatic carbocycles. The van der Waals surface area contributed by atoms with Gasteiger partial charge in [-0.05, 0) is 6.92 Å². The molecule has 2 N–H and O–H groups in total. The molecule has 1 unspecified atom stereocenters. The highest BCUT2D eigenvalue weighted by atomic mass is 16.6. The van der Waals surface area contributed by atoms with E-state index in [4.69, 9.17) is 14.2 Å². The molecule has 1 saturated heterocycles. The minimum absolute atomic E-state index is 0.0380. The van der Waals surface area contributed by atoms with E-state index in [2.05, 4.69) is 20.6 Å². The van der Waals surface area contributed by atoms with Gasteiger partial charge in [-0.3, -0.25) is 0 Å². The number of rotatable bonds is 6. The van der Waals surface area contributed by atoms with Gasteiger partial charge in [0.2, 0.25) is 5.75 Å². The molecule has 1 aliphatic heterocycles. The van der Waals surface area contributed by atoms with E-state index in [1.165, 1.54) is 6.33 Å². The molecule has 2 heterocycles. The van der Waals surface area contributed by atoms with Crippen LogP contribution in [-0.4, -0.2) is 56.1 Å². The van der Waals surface area contributed by atoms with Crippen LogP contribution in [0.1, 0.15) is 6.92 Å². The Labute approximate surface area is 112 Å². The fraction of sp³-hybridized carbons (Fsp3) is 0.667. The minimum Gasteiger partial charge on any atom is -0.490 e. The van der Waals surface area contributed by atoms with Crippen LogP contribution >= 0.6 is 0 Å². The van der Waals surface area contributed by atoms with Crippen LogP contribution < -0.4 is 15.4 Å². The third kappa shape index (κ3) is 3.68. The monoisotopic (exact) mass is 268 g/mol. The normalized spacial score (nSPS) is 18.9. The van der Waals surface area contributed by atoms with Crippen molar-refractivity contribution < 1.29 is 14.2 Å². The third-order valence-corrected chi connectivity index (χ3v) is 2.73. The molecule has 1 atom stereocenters. The van der Waals surface area contributed by atoms with Gasteiger partial charge in [0.15, 0.2) is 11.6 Å². The molecule has 0 spiro atoms. The number of ether oxygens (including phenoxy) is 3. The number of aromatic nitrogens is 2. The number of anilines is 2. The largest absolute Gasteiger partial charge is 0.490 e. The van der Waals surface area contributed by atoms with E-state index in [0.29, 0.717) is 43.8 Å². The lowest BCUT2D eigenvalue weighted by Gasteiger charge is -2.23. The fourth-order valence-corrected chi connectivity index (χ4v) is 1.85. The lowest BCUT2D eigenvalue weighted by Crippen LogP contribution is -2.34. The van der Waals surface area contributed by atoms with Crippen LogP contribution in [0.2, 0.25) is 0 Å². The van der Waals surface area contributed by atoms with Gasteiger partial charge in [-0.25, -0.2) is 9.97 Å². The summed E-state index contributed by atoms with van der Waals surface area (Å²) in [5, 5.41) is 6.34. The Balaban J connectivity index is 2.00. The molecule has 1 aromatic heterocycles. The Morgan fingerprint density at radius 1 is 1.32 bits per heavy atom. The van der Waals surface area contributed by atoms with Gasteiger partial charge in [0.05, 0.1) is 33.0 Å². The standard InChI is InChI=1S/C12H20N4O3/c1-3-13-11-10(17-2)12(16-8-15-11)14-6-9-7-18-4-5-19-9/h8-9H,3-7H2,1-2H3,(H2,13,14,15,16).